The number of thioether (sulfide) groups is 1. The monoisotopic (exact) mass is 453 g/mol. The summed E-state index contributed by atoms with van der Waals surface area (Å²) in [5, 5.41) is 13.1. The molecule has 0 aliphatic carbocycles. The molecule has 2 aromatic heterocycles. The molecule has 0 N–H and O–H groups in total. The second kappa shape index (κ2) is 9.95. The fourth-order valence-corrected chi connectivity index (χ4v) is 4.11. The molecule has 0 radical (unpaired) electrons. The molecular weight excluding hydrogens is 429 g/mol. The molecule has 1 atom stereocenters. The van der Waals surface area contributed by atoms with Crippen molar-refractivity contribution < 1.29 is 13.7 Å². The minimum Gasteiger partial charge on any atom is -0.494 e. The molecule has 0 saturated carbocycles. The molecule has 9 heteroatoms. The Labute approximate surface area is 190 Å². The van der Waals surface area contributed by atoms with Gasteiger partial charge in [0.2, 0.25) is 5.89 Å². The smallest absolute Gasteiger partial charge is 0.239 e. The average Bonchev–Trinajstić information content (AvgIpc) is 3.43. The highest BCUT2D eigenvalue weighted by atomic mass is 32.2. The number of ether oxygens (including phenoxy) is 1. The van der Waals surface area contributed by atoms with E-state index in [0.29, 0.717) is 35.0 Å². The molecule has 32 heavy (non-hydrogen) atoms. The third-order valence-electron chi connectivity index (χ3n) is 4.74. The number of rotatable bonds is 9. The van der Waals surface area contributed by atoms with Crippen molar-refractivity contribution in [2.45, 2.75) is 44.0 Å². The summed E-state index contributed by atoms with van der Waals surface area (Å²) >= 11 is 1.39. The quantitative estimate of drug-likeness (QED) is 0.303. The molecule has 4 aromatic rings. The Balaban J connectivity index is 1.71. The van der Waals surface area contributed by atoms with E-state index in [9.17, 15) is 4.39 Å². The molecule has 4 rings (SSSR count). The molecule has 166 valence electrons. The van der Waals surface area contributed by atoms with Gasteiger partial charge in [0.1, 0.15) is 11.6 Å². The highest BCUT2D eigenvalue weighted by Crippen LogP contribution is 2.37. The van der Waals surface area contributed by atoms with Crippen LogP contribution in [-0.2, 0) is 6.42 Å². The van der Waals surface area contributed by atoms with Gasteiger partial charge < -0.3 is 9.26 Å². The van der Waals surface area contributed by atoms with Gasteiger partial charge in [0.25, 0.3) is 0 Å². The molecule has 0 amide bonds. The second-order valence-corrected chi connectivity index (χ2v) is 8.42. The molecule has 2 heterocycles. The Morgan fingerprint density at radius 3 is 2.59 bits per heavy atom. The number of hydrogen-bond donors (Lipinski definition) is 0. The van der Waals surface area contributed by atoms with Crippen LogP contribution in [0.15, 0.2) is 58.2 Å². The lowest BCUT2D eigenvalue weighted by Crippen LogP contribution is -2.03. The van der Waals surface area contributed by atoms with Gasteiger partial charge in [-0.1, -0.05) is 36.0 Å². The number of para-hydroxylation sites is 1. The molecule has 1 unspecified atom stereocenters. The Morgan fingerprint density at radius 1 is 1.09 bits per heavy atom. The topological polar surface area (TPSA) is 78.9 Å². The fourth-order valence-electron chi connectivity index (χ4n) is 3.22. The zero-order valence-corrected chi connectivity index (χ0v) is 19.0. The molecule has 0 aliphatic rings. The van der Waals surface area contributed by atoms with E-state index in [-0.39, 0.29) is 11.1 Å². The number of aryl methyl sites for hydroxylation is 1. The van der Waals surface area contributed by atoms with Crippen molar-refractivity contribution in [3.8, 4) is 22.8 Å². The number of nitrogens with zero attached hydrogens (tertiary/aromatic N) is 5. The molecule has 7 nitrogen and oxygen atoms in total. The van der Waals surface area contributed by atoms with Crippen LogP contribution in [0.1, 0.15) is 44.2 Å². The Hall–Kier alpha value is -3.20. The lowest BCUT2D eigenvalue weighted by Gasteiger charge is -2.13. The Bertz CT molecular complexity index is 1180. The van der Waals surface area contributed by atoms with Crippen LogP contribution >= 0.6 is 11.8 Å². The van der Waals surface area contributed by atoms with Crippen molar-refractivity contribution in [1.82, 2.24) is 24.9 Å². The van der Waals surface area contributed by atoms with Crippen molar-refractivity contribution >= 4 is 11.8 Å². The molecule has 0 fully saturated rings. The molecule has 2 aromatic carbocycles. The van der Waals surface area contributed by atoms with Gasteiger partial charge in [-0.2, -0.15) is 4.98 Å². The van der Waals surface area contributed by atoms with E-state index in [2.05, 4.69) is 27.3 Å². The minimum absolute atomic E-state index is 0.184. The number of aromatic nitrogens is 5. The van der Waals surface area contributed by atoms with E-state index >= 15 is 0 Å². The summed E-state index contributed by atoms with van der Waals surface area (Å²) in [6, 6.07) is 14.1. The highest BCUT2D eigenvalue weighted by molar-refractivity contribution is 7.99. The van der Waals surface area contributed by atoms with Crippen molar-refractivity contribution in [2.75, 3.05) is 6.61 Å². The van der Waals surface area contributed by atoms with Gasteiger partial charge >= 0.3 is 0 Å². The van der Waals surface area contributed by atoms with Gasteiger partial charge in [-0.15, -0.1) is 10.2 Å². The fraction of sp³-hybridized carbons (Fsp3) is 0.304. The average molecular weight is 454 g/mol. The summed E-state index contributed by atoms with van der Waals surface area (Å²) < 4.78 is 27.5. The van der Waals surface area contributed by atoms with Crippen LogP contribution in [-0.4, -0.2) is 31.5 Å². The third kappa shape index (κ3) is 4.67. The second-order valence-electron chi connectivity index (χ2n) is 7.11. The maximum absolute atomic E-state index is 14.8. The van der Waals surface area contributed by atoms with Crippen LogP contribution in [0.25, 0.3) is 17.1 Å². The van der Waals surface area contributed by atoms with Crippen LogP contribution in [0, 0.1) is 5.82 Å². The maximum atomic E-state index is 14.8. The summed E-state index contributed by atoms with van der Waals surface area (Å²) in [5.74, 6) is 2.11. The molecule has 0 aliphatic heterocycles. The van der Waals surface area contributed by atoms with Crippen molar-refractivity contribution in [3.05, 3.63) is 66.1 Å². The first kappa shape index (κ1) is 22.0. The molecule has 0 saturated heterocycles. The van der Waals surface area contributed by atoms with Gasteiger partial charge in [0.05, 0.1) is 17.5 Å². The van der Waals surface area contributed by atoms with E-state index in [1.54, 1.807) is 22.8 Å². The predicted molar refractivity (Wildman–Crippen MR) is 120 cm³/mol. The lowest BCUT2D eigenvalue weighted by atomic mass is 10.2. The van der Waals surface area contributed by atoms with E-state index in [1.807, 2.05) is 38.1 Å². The van der Waals surface area contributed by atoms with Crippen molar-refractivity contribution in [2.24, 2.45) is 0 Å². The number of halogens is 1. The van der Waals surface area contributed by atoms with Crippen LogP contribution < -0.4 is 4.74 Å². The molecular formula is C23H24FN5O2S. The zero-order valence-electron chi connectivity index (χ0n) is 18.2. The summed E-state index contributed by atoms with van der Waals surface area (Å²) in [7, 11) is 0. The van der Waals surface area contributed by atoms with Crippen LogP contribution in [0.2, 0.25) is 0 Å². The summed E-state index contributed by atoms with van der Waals surface area (Å²) in [6.07, 6.45) is 1.70. The summed E-state index contributed by atoms with van der Waals surface area (Å²) in [4.78, 5) is 4.46. The van der Waals surface area contributed by atoms with Gasteiger partial charge in [-0.25, -0.2) is 4.39 Å². The maximum Gasteiger partial charge on any atom is 0.239 e. The SMILES string of the molecule is CCCc1noc(C(C)Sc2nnc(-c3ccc(OCC)cc3)n2-c2ccccc2F)n1. The van der Waals surface area contributed by atoms with Gasteiger partial charge in [-0.3, -0.25) is 4.57 Å². The minimum atomic E-state index is -0.364. The summed E-state index contributed by atoms with van der Waals surface area (Å²) in [6.45, 7) is 6.53. The normalized spacial score (nSPS) is 12.1. The summed E-state index contributed by atoms with van der Waals surface area (Å²) in [5.41, 5.74) is 1.17. The van der Waals surface area contributed by atoms with Crippen LogP contribution in [0.3, 0.4) is 0 Å². The van der Waals surface area contributed by atoms with Crippen LogP contribution in [0.5, 0.6) is 5.75 Å². The molecule has 0 bridgehead atoms. The van der Waals surface area contributed by atoms with E-state index in [4.69, 9.17) is 9.26 Å². The number of benzene rings is 2. The third-order valence-corrected chi connectivity index (χ3v) is 5.77. The lowest BCUT2D eigenvalue weighted by molar-refractivity contribution is 0.340. The predicted octanol–water partition coefficient (Wildman–Crippen LogP) is 5.66. The first-order valence-electron chi connectivity index (χ1n) is 10.5. The van der Waals surface area contributed by atoms with Crippen molar-refractivity contribution in [1.29, 1.82) is 0 Å². The zero-order chi connectivity index (χ0) is 22.5. The van der Waals surface area contributed by atoms with Crippen LogP contribution in [0.4, 0.5) is 4.39 Å². The molecule has 0 spiro atoms. The Kier molecular flexibility index (Phi) is 6.84. The van der Waals surface area contributed by atoms with Gasteiger partial charge in [0, 0.05) is 12.0 Å². The van der Waals surface area contributed by atoms with E-state index < -0.39 is 0 Å². The largest absolute Gasteiger partial charge is 0.494 e. The highest BCUT2D eigenvalue weighted by Gasteiger charge is 2.23. The first-order valence-corrected chi connectivity index (χ1v) is 11.4. The van der Waals surface area contributed by atoms with E-state index in [0.717, 1.165) is 24.2 Å². The van der Waals surface area contributed by atoms with E-state index in [1.165, 1.54) is 17.8 Å². The standard InChI is InChI=1S/C23H24FN5O2S/c1-4-8-20-25-22(31-28-20)15(3)32-23-27-26-21(16-11-13-17(14-12-16)30-5-2)29(23)19-10-7-6-9-18(19)24/h6-7,9-15H,4-5,8H2,1-3H3. The van der Waals surface area contributed by atoms with Gasteiger partial charge in [0.15, 0.2) is 16.8 Å². The van der Waals surface area contributed by atoms with Crippen molar-refractivity contribution in [3.63, 3.8) is 0 Å². The first-order chi connectivity index (χ1) is 15.6. The van der Waals surface area contributed by atoms with Gasteiger partial charge in [-0.05, 0) is 56.7 Å². The Morgan fingerprint density at radius 2 is 1.88 bits per heavy atom. The number of hydrogen-bond acceptors (Lipinski definition) is 7.